The van der Waals surface area contributed by atoms with Crippen molar-refractivity contribution < 1.29 is 9.90 Å². The highest BCUT2D eigenvalue weighted by molar-refractivity contribution is 6.42. The summed E-state index contributed by atoms with van der Waals surface area (Å²) in [5.41, 5.74) is 1.78. The molecule has 1 fully saturated rings. The van der Waals surface area contributed by atoms with Crippen LogP contribution in [0.4, 0.5) is 10.5 Å². The first-order valence-electron chi connectivity index (χ1n) is 8.99. The first-order valence-corrected chi connectivity index (χ1v) is 9.74. The highest BCUT2D eigenvalue weighted by atomic mass is 35.5. The van der Waals surface area contributed by atoms with Crippen molar-refractivity contribution in [1.29, 1.82) is 0 Å². The van der Waals surface area contributed by atoms with Gasteiger partial charge in [-0.25, -0.2) is 4.79 Å². The van der Waals surface area contributed by atoms with Crippen molar-refractivity contribution in [2.45, 2.75) is 25.9 Å². The van der Waals surface area contributed by atoms with Crippen LogP contribution in [-0.2, 0) is 6.54 Å². The Morgan fingerprint density at radius 2 is 1.96 bits per heavy atom. The number of nitrogens with one attached hydrogen (secondary N) is 1. The number of carbonyl (C=O) groups is 1. The number of nitrogens with zero attached hydrogens (tertiary/aromatic N) is 2. The normalized spacial score (nSPS) is 17.1. The van der Waals surface area contributed by atoms with E-state index in [0.29, 0.717) is 22.3 Å². The highest BCUT2D eigenvalue weighted by Gasteiger charge is 2.30. The molecule has 0 saturated carbocycles. The number of aromatic hydroxyl groups is 1. The lowest BCUT2D eigenvalue weighted by atomic mass is 10.2. The molecular formula is C20H23Cl2N3O2. The topological polar surface area (TPSA) is 55.8 Å². The molecule has 0 aliphatic carbocycles. The Labute approximate surface area is 169 Å². The van der Waals surface area contributed by atoms with Crippen molar-refractivity contribution in [3.05, 3.63) is 58.1 Å². The van der Waals surface area contributed by atoms with Crippen LogP contribution in [0.15, 0.2) is 42.5 Å². The molecule has 0 bridgehead atoms. The monoisotopic (exact) mass is 407 g/mol. The van der Waals surface area contributed by atoms with Gasteiger partial charge < -0.3 is 15.3 Å². The Hall–Kier alpha value is -1.95. The Balaban J connectivity index is 1.58. The fourth-order valence-electron chi connectivity index (χ4n) is 3.41. The fraction of sp³-hybridized carbons (Fsp3) is 0.350. The first kappa shape index (κ1) is 19.8. The Morgan fingerprint density at radius 3 is 2.63 bits per heavy atom. The van der Waals surface area contributed by atoms with E-state index in [4.69, 9.17) is 23.2 Å². The lowest BCUT2D eigenvalue weighted by Gasteiger charge is -2.28. The standard InChI is InChI=1S/C20H23Cl2N3O2/c1-2-25(20(27)23-15-4-6-17(26)7-5-15)16-9-10-24(13-16)12-14-3-8-18(21)19(22)11-14/h3-8,11,16,26H,2,9-10,12-13H2,1H3,(H,23,27). The highest BCUT2D eigenvalue weighted by Crippen LogP contribution is 2.25. The van der Waals surface area contributed by atoms with Gasteiger partial charge in [0.2, 0.25) is 0 Å². The maximum atomic E-state index is 12.7. The summed E-state index contributed by atoms with van der Waals surface area (Å²) in [5, 5.41) is 13.4. The number of anilines is 1. The molecule has 5 nitrogen and oxygen atoms in total. The number of phenols is 1. The van der Waals surface area contributed by atoms with E-state index < -0.39 is 0 Å². The number of halogens is 2. The zero-order valence-electron chi connectivity index (χ0n) is 15.2. The van der Waals surface area contributed by atoms with E-state index in [1.165, 1.54) is 0 Å². The zero-order chi connectivity index (χ0) is 19.4. The van der Waals surface area contributed by atoms with Crippen LogP contribution >= 0.6 is 23.2 Å². The zero-order valence-corrected chi connectivity index (χ0v) is 16.7. The van der Waals surface area contributed by atoms with Gasteiger partial charge in [0, 0.05) is 37.9 Å². The van der Waals surface area contributed by atoms with Gasteiger partial charge in [-0.1, -0.05) is 29.3 Å². The van der Waals surface area contributed by atoms with E-state index in [2.05, 4.69) is 10.2 Å². The summed E-state index contributed by atoms with van der Waals surface area (Å²) in [7, 11) is 0. The SMILES string of the molecule is CCN(C(=O)Nc1ccc(O)cc1)C1CCN(Cc2ccc(Cl)c(Cl)c2)C1. The lowest BCUT2D eigenvalue weighted by molar-refractivity contribution is 0.189. The van der Waals surface area contributed by atoms with E-state index >= 15 is 0 Å². The fourth-order valence-corrected chi connectivity index (χ4v) is 3.73. The summed E-state index contributed by atoms with van der Waals surface area (Å²) in [5.74, 6) is 0.175. The molecule has 1 atom stereocenters. The maximum Gasteiger partial charge on any atom is 0.322 e. The number of benzene rings is 2. The number of carbonyl (C=O) groups excluding carboxylic acids is 1. The van der Waals surface area contributed by atoms with E-state index in [0.717, 1.165) is 31.6 Å². The molecule has 1 heterocycles. The van der Waals surface area contributed by atoms with Gasteiger partial charge in [0.1, 0.15) is 5.75 Å². The molecule has 1 aliphatic rings. The number of rotatable bonds is 5. The summed E-state index contributed by atoms with van der Waals surface area (Å²) >= 11 is 12.1. The molecule has 2 N–H and O–H groups in total. The lowest BCUT2D eigenvalue weighted by Crippen LogP contribution is -2.44. The summed E-state index contributed by atoms with van der Waals surface area (Å²) in [6, 6.07) is 12.2. The number of urea groups is 1. The minimum absolute atomic E-state index is 0.121. The summed E-state index contributed by atoms with van der Waals surface area (Å²) < 4.78 is 0. The van der Waals surface area contributed by atoms with Gasteiger partial charge in [0.05, 0.1) is 10.0 Å². The molecule has 0 aromatic heterocycles. The average molecular weight is 408 g/mol. The van der Waals surface area contributed by atoms with Crippen LogP contribution < -0.4 is 5.32 Å². The summed E-state index contributed by atoms with van der Waals surface area (Å²) in [6.07, 6.45) is 0.929. The van der Waals surface area contributed by atoms with Gasteiger partial charge in [-0.15, -0.1) is 0 Å². The third-order valence-electron chi connectivity index (χ3n) is 4.80. The maximum absolute atomic E-state index is 12.7. The third-order valence-corrected chi connectivity index (χ3v) is 5.54. The minimum Gasteiger partial charge on any atom is -0.508 e. The molecule has 1 saturated heterocycles. The molecule has 144 valence electrons. The van der Waals surface area contributed by atoms with Crippen molar-refractivity contribution in [1.82, 2.24) is 9.80 Å². The number of likely N-dealkylation sites (N-methyl/N-ethyl adjacent to an activating group) is 1. The largest absolute Gasteiger partial charge is 0.508 e. The second-order valence-corrected chi connectivity index (χ2v) is 7.50. The Morgan fingerprint density at radius 1 is 1.22 bits per heavy atom. The van der Waals surface area contributed by atoms with Gasteiger partial charge in [-0.3, -0.25) is 4.90 Å². The molecule has 1 aliphatic heterocycles. The minimum atomic E-state index is -0.121. The number of likely N-dealkylation sites (tertiary alicyclic amines) is 1. The molecule has 2 aromatic rings. The number of phenolic OH excluding ortho intramolecular Hbond substituents is 1. The number of amides is 2. The van der Waals surface area contributed by atoms with Crippen molar-refractivity contribution in [2.75, 3.05) is 25.0 Å². The molecular weight excluding hydrogens is 385 g/mol. The van der Waals surface area contributed by atoms with Crippen molar-refractivity contribution in [2.24, 2.45) is 0 Å². The van der Waals surface area contributed by atoms with Crippen LogP contribution in [0.3, 0.4) is 0 Å². The summed E-state index contributed by atoms with van der Waals surface area (Å²) in [4.78, 5) is 16.8. The second kappa shape index (κ2) is 8.83. The predicted octanol–water partition coefficient (Wildman–Crippen LogP) is 4.83. The predicted molar refractivity (Wildman–Crippen MR) is 110 cm³/mol. The Kier molecular flexibility index (Phi) is 6.47. The van der Waals surface area contributed by atoms with E-state index in [1.807, 2.05) is 30.0 Å². The number of hydrogen-bond acceptors (Lipinski definition) is 3. The van der Waals surface area contributed by atoms with Gasteiger partial charge in [0.25, 0.3) is 0 Å². The quantitative estimate of drug-likeness (QED) is 0.697. The Bertz CT molecular complexity index is 798. The van der Waals surface area contributed by atoms with Gasteiger partial charge in [-0.05, 0) is 55.3 Å². The molecule has 0 spiro atoms. The molecule has 0 radical (unpaired) electrons. The van der Waals surface area contributed by atoms with Crippen molar-refractivity contribution in [3.63, 3.8) is 0 Å². The van der Waals surface area contributed by atoms with Crippen molar-refractivity contribution in [3.8, 4) is 5.75 Å². The van der Waals surface area contributed by atoms with Crippen LogP contribution in [0.5, 0.6) is 5.75 Å². The average Bonchev–Trinajstić information content (AvgIpc) is 3.09. The van der Waals surface area contributed by atoms with E-state index in [9.17, 15) is 9.90 Å². The van der Waals surface area contributed by atoms with Crippen LogP contribution in [0.1, 0.15) is 18.9 Å². The molecule has 1 unspecified atom stereocenters. The van der Waals surface area contributed by atoms with Gasteiger partial charge in [0.15, 0.2) is 0 Å². The van der Waals surface area contributed by atoms with Crippen LogP contribution in [0.2, 0.25) is 10.0 Å². The number of hydrogen-bond donors (Lipinski definition) is 2. The van der Waals surface area contributed by atoms with Crippen LogP contribution in [0.25, 0.3) is 0 Å². The molecule has 27 heavy (non-hydrogen) atoms. The third kappa shape index (κ3) is 5.06. The first-order chi connectivity index (χ1) is 13.0. The smallest absolute Gasteiger partial charge is 0.322 e. The molecule has 7 heteroatoms. The van der Waals surface area contributed by atoms with Crippen LogP contribution in [0, 0.1) is 0 Å². The van der Waals surface area contributed by atoms with Gasteiger partial charge in [-0.2, -0.15) is 0 Å². The molecule has 2 aromatic carbocycles. The summed E-state index contributed by atoms with van der Waals surface area (Å²) in [6.45, 7) is 5.14. The molecule has 3 rings (SSSR count). The van der Waals surface area contributed by atoms with Crippen LogP contribution in [-0.4, -0.2) is 46.6 Å². The van der Waals surface area contributed by atoms with Crippen molar-refractivity contribution >= 4 is 34.9 Å². The van der Waals surface area contributed by atoms with E-state index in [1.54, 1.807) is 24.3 Å². The molecule has 2 amide bonds. The second-order valence-electron chi connectivity index (χ2n) is 6.69. The van der Waals surface area contributed by atoms with E-state index in [-0.39, 0.29) is 17.8 Å². The van der Waals surface area contributed by atoms with Gasteiger partial charge >= 0.3 is 6.03 Å².